The molecule has 0 bridgehead atoms. The summed E-state index contributed by atoms with van der Waals surface area (Å²) in [4.78, 5) is 25.7. The zero-order chi connectivity index (χ0) is 25.9. The van der Waals surface area contributed by atoms with Crippen LogP contribution < -0.4 is 19.9 Å². The average molecular weight is 510 g/mol. The molecule has 2 unspecified atom stereocenters. The summed E-state index contributed by atoms with van der Waals surface area (Å²) in [5, 5.41) is 5.22. The molecular weight excluding hydrogens is 470 g/mol. The highest BCUT2D eigenvalue weighted by Crippen LogP contribution is 2.32. The number of hydrogen-bond donors (Lipinski definition) is 1. The van der Waals surface area contributed by atoms with Gasteiger partial charge in [0.05, 0.1) is 5.56 Å². The first-order valence-corrected chi connectivity index (χ1v) is 13.6. The summed E-state index contributed by atoms with van der Waals surface area (Å²) in [5.41, 5.74) is 1.56. The number of hydrogen-bond acceptors (Lipinski definition) is 8. The lowest BCUT2D eigenvalue weighted by atomic mass is 10.00. The van der Waals surface area contributed by atoms with Crippen molar-refractivity contribution in [3.63, 3.8) is 0 Å². The molecule has 3 aromatic rings. The van der Waals surface area contributed by atoms with E-state index in [1.54, 1.807) is 17.5 Å². The number of nitrogens with zero attached hydrogens (tertiary/aromatic N) is 4. The van der Waals surface area contributed by atoms with E-state index in [1.165, 1.54) is 11.3 Å². The molecule has 0 saturated carbocycles. The molecule has 0 aliphatic heterocycles. The third-order valence-corrected chi connectivity index (χ3v) is 7.37. The van der Waals surface area contributed by atoms with Crippen molar-refractivity contribution in [2.45, 2.75) is 46.1 Å². The fourth-order valence-corrected chi connectivity index (χ4v) is 4.67. The van der Waals surface area contributed by atoms with Crippen molar-refractivity contribution in [1.82, 2.24) is 9.97 Å². The van der Waals surface area contributed by atoms with Crippen molar-refractivity contribution < 1.29 is 9.53 Å². The Balaban J connectivity index is 1.66. The van der Waals surface area contributed by atoms with Crippen LogP contribution in [0.15, 0.2) is 48.0 Å². The fourth-order valence-electron chi connectivity index (χ4n) is 3.88. The van der Waals surface area contributed by atoms with Gasteiger partial charge < -0.3 is 19.9 Å². The number of carbonyl (C=O) groups excluding carboxylic acids is 1. The zero-order valence-electron chi connectivity index (χ0n) is 22.1. The Labute approximate surface area is 219 Å². The maximum Gasteiger partial charge on any atom is 0.224 e. The van der Waals surface area contributed by atoms with Crippen LogP contribution in [0.4, 0.5) is 17.5 Å². The summed E-state index contributed by atoms with van der Waals surface area (Å²) in [6, 6.07) is 12.5. The largest absolute Gasteiger partial charge is 0.485 e. The van der Waals surface area contributed by atoms with Gasteiger partial charge in [-0.2, -0.15) is 4.98 Å². The number of benzene rings is 1. The molecule has 0 spiro atoms. The van der Waals surface area contributed by atoms with Gasteiger partial charge in [-0.3, -0.25) is 4.79 Å². The number of anilines is 3. The number of aromatic nitrogens is 2. The SMILES string of the molecule is CCNc1ncc(C=O)c(N(C)CCN(C)c2cccc(OC(CCC(C)CC)c3cccs3)c2)n1. The molecule has 36 heavy (non-hydrogen) atoms. The molecule has 0 saturated heterocycles. The lowest BCUT2D eigenvalue weighted by Crippen LogP contribution is -2.32. The Bertz CT molecular complexity index is 1080. The summed E-state index contributed by atoms with van der Waals surface area (Å²) in [7, 11) is 4.01. The Morgan fingerprint density at radius 3 is 2.61 bits per heavy atom. The molecule has 0 aliphatic rings. The van der Waals surface area contributed by atoms with Crippen LogP contribution in [0.1, 0.15) is 61.4 Å². The molecule has 2 atom stereocenters. The van der Waals surface area contributed by atoms with Crippen molar-refractivity contribution in [2.75, 3.05) is 48.8 Å². The van der Waals surface area contributed by atoms with Gasteiger partial charge in [0.15, 0.2) is 6.29 Å². The molecule has 2 aromatic heterocycles. The van der Waals surface area contributed by atoms with Crippen molar-refractivity contribution in [3.05, 3.63) is 58.4 Å². The number of likely N-dealkylation sites (N-methyl/N-ethyl adjacent to an activating group) is 2. The molecule has 8 heteroatoms. The second-order valence-electron chi connectivity index (χ2n) is 9.17. The van der Waals surface area contributed by atoms with Crippen LogP contribution in [0.3, 0.4) is 0 Å². The van der Waals surface area contributed by atoms with Crippen LogP contribution >= 0.6 is 11.3 Å². The highest BCUT2D eigenvalue weighted by atomic mass is 32.1. The number of aldehydes is 1. The Morgan fingerprint density at radius 1 is 1.11 bits per heavy atom. The quantitative estimate of drug-likeness (QED) is 0.241. The predicted octanol–water partition coefficient (Wildman–Crippen LogP) is 6.30. The summed E-state index contributed by atoms with van der Waals surface area (Å²) in [6.07, 6.45) is 5.78. The molecule has 0 aliphatic carbocycles. The Hall–Kier alpha value is -3.13. The summed E-state index contributed by atoms with van der Waals surface area (Å²) in [5.74, 6) is 2.72. The number of rotatable bonds is 15. The van der Waals surface area contributed by atoms with Crippen molar-refractivity contribution in [1.29, 1.82) is 0 Å². The molecule has 0 radical (unpaired) electrons. The number of ether oxygens (including phenoxy) is 1. The van der Waals surface area contributed by atoms with E-state index in [-0.39, 0.29) is 6.10 Å². The van der Waals surface area contributed by atoms with E-state index in [4.69, 9.17) is 4.74 Å². The van der Waals surface area contributed by atoms with E-state index in [1.807, 2.05) is 31.0 Å². The minimum atomic E-state index is 0.0659. The van der Waals surface area contributed by atoms with Crippen molar-refractivity contribution in [2.24, 2.45) is 5.92 Å². The molecule has 3 rings (SSSR count). The van der Waals surface area contributed by atoms with Crippen LogP contribution in [0.25, 0.3) is 0 Å². The molecule has 1 N–H and O–H groups in total. The third-order valence-electron chi connectivity index (χ3n) is 6.41. The molecule has 1 aromatic carbocycles. The van der Waals surface area contributed by atoms with Gasteiger partial charge in [0.2, 0.25) is 5.95 Å². The van der Waals surface area contributed by atoms with Gasteiger partial charge in [-0.25, -0.2) is 4.98 Å². The van der Waals surface area contributed by atoms with E-state index in [9.17, 15) is 4.79 Å². The van der Waals surface area contributed by atoms with E-state index in [0.29, 0.717) is 29.8 Å². The van der Waals surface area contributed by atoms with E-state index in [2.05, 4.69) is 70.7 Å². The molecular formula is C28H39N5O2S. The summed E-state index contributed by atoms with van der Waals surface area (Å²) >= 11 is 1.76. The Kier molecular flexibility index (Phi) is 10.5. The molecule has 194 valence electrons. The zero-order valence-corrected chi connectivity index (χ0v) is 22.9. The first-order chi connectivity index (χ1) is 17.4. The van der Waals surface area contributed by atoms with Gasteiger partial charge in [0.1, 0.15) is 17.7 Å². The van der Waals surface area contributed by atoms with E-state index < -0.39 is 0 Å². The standard InChI is InChI=1S/C28H39N5O2S/c1-6-21(3)13-14-25(26-12-9-17-36-26)35-24-11-8-10-23(18-24)32(4)15-16-33(5)27-22(20-34)19-30-28(31-27)29-7-2/h8-12,17-21,25H,6-7,13-16H2,1-5H3,(H,29,30,31). The molecule has 2 heterocycles. The van der Waals surface area contributed by atoms with Gasteiger partial charge in [-0.1, -0.05) is 32.4 Å². The van der Waals surface area contributed by atoms with Gasteiger partial charge in [-0.15, -0.1) is 11.3 Å². The second kappa shape index (κ2) is 13.8. The van der Waals surface area contributed by atoms with Crippen molar-refractivity contribution >= 4 is 35.1 Å². The topological polar surface area (TPSA) is 70.6 Å². The maximum absolute atomic E-state index is 11.5. The number of thiophene rings is 1. The minimum Gasteiger partial charge on any atom is -0.485 e. The summed E-state index contributed by atoms with van der Waals surface area (Å²) in [6.45, 7) is 8.70. The monoisotopic (exact) mass is 509 g/mol. The van der Waals surface area contributed by atoms with Gasteiger partial charge in [0, 0.05) is 56.6 Å². The normalized spacial score (nSPS) is 12.6. The maximum atomic E-state index is 11.5. The van der Waals surface area contributed by atoms with E-state index >= 15 is 0 Å². The van der Waals surface area contributed by atoms with Gasteiger partial charge >= 0.3 is 0 Å². The predicted molar refractivity (Wildman–Crippen MR) is 151 cm³/mol. The highest BCUT2D eigenvalue weighted by Gasteiger charge is 2.17. The first-order valence-electron chi connectivity index (χ1n) is 12.7. The van der Waals surface area contributed by atoms with Crippen LogP contribution in [-0.4, -0.2) is 50.0 Å². The fraction of sp³-hybridized carbons (Fsp3) is 0.464. The average Bonchev–Trinajstić information content (AvgIpc) is 3.44. The molecule has 7 nitrogen and oxygen atoms in total. The lowest BCUT2D eigenvalue weighted by Gasteiger charge is -2.26. The second-order valence-corrected chi connectivity index (χ2v) is 10.2. The lowest BCUT2D eigenvalue weighted by molar-refractivity contribution is 0.112. The van der Waals surface area contributed by atoms with Crippen LogP contribution in [0.2, 0.25) is 0 Å². The van der Waals surface area contributed by atoms with Gasteiger partial charge in [-0.05, 0) is 49.3 Å². The number of nitrogens with one attached hydrogen (secondary N) is 1. The molecule has 0 amide bonds. The van der Waals surface area contributed by atoms with Crippen LogP contribution in [0, 0.1) is 5.92 Å². The van der Waals surface area contributed by atoms with Crippen LogP contribution in [0.5, 0.6) is 5.75 Å². The minimum absolute atomic E-state index is 0.0659. The smallest absolute Gasteiger partial charge is 0.224 e. The summed E-state index contributed by atoms with van der Waals surface area (Å²) < 4.78 is 6.52. The van der Waals surface area contributed by atoms with Crippen molar-refractivity contribution in [3.8, 4) is 5.75 Å². The van der Waals surface area contributed by atoms with Crippen LogP contribution in [-0.2, 0) is 0 Å². The van der Waals surface area contributed by atoms with E-state index in [0.717, 1.165) is 43.7 Å². The number of carbonyl (C=O) groups is 1. The Morgan fingerprint density at radius 2 is 1.92 bits per heavy atom. The highest BCUT2D eigenvalue weighted by molar-refractivity contribution is 7.10. The molecule has 0 fully saturated rings. The third kappa shape index (κ3) is 7.68. The first kappa shape index (κ1) is 27.5. The van der Waals surface area contributed by atoms with Gasteiger partial charge in [0.25, 0.3) is 0 Å².